The standard InChI is InChI=1S/C33H64/c1-3-5-7-9-11-13-15-17-19-21-23-25-27-29-31-33-32-30-28-26-24-22-20-18-16-14-12-10-8-6-4-2/h17,19,28,30H,3-16,18,20-27,29,31-33H2,1-2H3/b19-17-,30-28-. The molecule has 0 aliphatic heterocycles. The molecule has 0 bridgehead atoms. The maximum atomic E-state index is 2.45. The van der Waals surface area contributed by atoms with Crippen LogP contribution in [0.1, 0.15) is 187 Å². The van der Waals surface area contributed by atoms with E-state index in [4.69, 9.17) is 0 Å². The molecule has 33 heavy (non-hydrogen) atoms. The van der Waals surface area contributed by atoms with Crippen LogP contribution in [0.5, 0.6) is 0 Å². The van der Waals surface area contributed by atoms with Crippen molar-refractivity contribution >= 4 is 0 Å². The molecule has 0 aliphatic rings. The second-order valence-corrected chi connectivity index (χ2v) is 10.5. The van der Waals surface area contributed by atoms with Crippen molar-refractivity contribution in [3.05, 3.63) is 24.3 Å². The fraction of sp³-hybridized carbons (Fsp3) is 0.879. The van der Waals surface area contributed by atoms with Gasteiger partial charge >= 0.3 is 0 Å². The number of allylic oxidation sites excluding steroid dienone is 4. The van der Waals surface area contributed by atoms with E-state index in [9.17, 15) is 0 Å². The molecular formula is C33H64. The Labute approximate surface area is 211 Å². The van der Waals surface area contributed by atoms with Crippen LogP contribution < -0.4 is 0 Å². The number of hydrogen-bond acceptors (Lipinski definition) is 0. The van der Waals surface area contributed by atoms with Gasteiger partial charge in [-0.05, 0) is 51.4 Å². The summed E-state index contributed by atoms with van der Waals surface area (Å²) in [6, 6.07) is 0. The summed E-state index contributed by atoms with van der Waals surface area (Å²) >= 11 is 0. The second kappa shape index (κ2) is 31.5. The molecule has 0 heterocycles. The molecule has 0 unspecified atom stereocenters. The zero-order valence-corrected chi connectivity index (χ0v) is 23.4. The van der Waals surface area contributed by atoms with Crippen molar-refractivity contribution in [2.45, 2.75) is 187 Å². The zero-order chi connectivity index (χ0) is 23.9. The molecule has 0 aromatic rings. The molecule has 0 aliphatic carbocycles. The molecule has 0 amide bonds. The van der Waals surface area contributed by atoms with Crippen LogP contribution in [0, 0.1) is 0 Å². The van der Waals surface area contributed by atoms with Gasteiger partial charge in [0.25, 0.3) is 0 Å². The molecule has 0 nitrogen and oxygen atoms in total. The van der Waals surface area contributed by atoms with E-state index in [1.807, 2.05) is 0 Å². The molecule has 196 valence electrons. The first-order valence-corrected chi connectivity index (χ1v) is 15.7. The summed E-state index contributed by atoms with van der Waals surface area (Å²) in [6.07, 6.45) is 47.9. The topological polar surface area (TPSA) is 0 Å². The van der Waals surface area contributed by atoms with E-state index in [1.165, 1.54) is 173 Å². The Morgan fingerprint density at radius 2 is 0.424 bits per heavy atom. The average molecular weight is 461 g/mol. The van der Waals surface area contributed by atoms with Crippen molar-refractivity contribution in [2.24, 2.45) is 0 Å². The Kier molecular flexibility index (Phi) is 31.0. The first-order valence-electron chi connectivity index (χ1n) is 15.7. The lowest BCUT2D eigenvalue weighted by molar-refractivity contribution is 0.550. The van der Waals surface area contributed by atoms with E-state index in [0.29, 0.717) is 0 Å². The van der Waals surface area contributed by atoms with Crippen LogP contribution in [0.15, 0.2) is 24.3 Å². The highest BCUT2D eigenvalue weighted by Gasteiger charge is 1.93. The number of hydrogen-bond donors (Lipinski definition) is 0. The first-order chi connectivity index (χ1) is 16.4. The van der Waals surface area contributed by atoms with Crippen LogP contribution in [0.2, 0.25) is 0 Å². The van der Waals surface area contributed by atoms with Crippen LogP contribution in [-0.2, 0) is 0 Å². The number of unbranched alkanes of at least 4 members (excludes halogenated alkanes) is 24. The lowest BCUT2D eigenvalue weighted by atomic mass is 10.0. The summed E-state index contributed by atoms with van der Waals surface area (Å²) in [4.78, 5) is 0. The molecule has 0 N–H and O–H groups in total. The predicted octanol–water partition coefficient (Wildman–Crippen LogP) is 12.7. The molecule has 0 spiro atoms. The van der Waals surface area contributed by atoms with Gasteiger partial charge in [-0.1, -0.05) is 160 Å². The van der Waals surface area contributed by atoms with Gasteiger partial charge in [0.1, 0.15) is 0 Å². The van der Waals surface area contributed by atoms with E-state index < -0.39 is 0 Å². The lowest BCUT2D eigenvalue weighted by Crippen LogP contribution is -1.82. The van der Waals surface area contributed by atoms with E-state index in [-0.39, 0.29) is 0 Å². The summed E-state index contributed by atoms with van der Waals surface area (Å²) in [5, 5.41) is 0. The van der Waals surface area contributed by atoms with Crippen molar-refractivity contribution in [3.63, 3.8) is 0 Å². The second-order valence-electron chi connectivity index (χ2n) is 10.5. The van der Waals surface area contributed by atoms with Gasteiger partial charge in [0.15, 0.2) is 0 Å². The Balaban J connectivity index is 3.12. The van der Waals surface area contributed by atoms with Crippen molar-refractivity contribution in [1.29, 1.82) is 0 Å². The van der Waals surface area contributed by atoms with Gasteiger partial charge in [-0.2, -0.15) is 0 Å². The van der Waals surface area contributed by atoms with Gasteiger partial charge < -0.3 is 0 Å². The molecule has 0 aromatic carbocycles. The van der Waals surface area contributed by atoms with Crippen LogP contribution in [0.4, 0.5) is 0 Å². The Bertz CT molecular complexity index is 377. The van der Waals surface area contributed by atoms with Gasteiger partial charge in [-0.3, -0.25) is 0 Å². The minimum atomic E-state index is 1.30. The maximum absolute atomic E-state index is 2.45. The van der Waals surface area contributed by atoms with Crippen molar-refractivity contribution in [3.8, 4) is 0 Å². The van der Waals surface area contributed by atoms with E-state index in [2.05, 4.69) is 38.2 Å². The molecule has 0 fully saturated rings. The minimum Gasteiger partial charge on any atom is -0.0885 e. The molecule has 0 atom stereocenters. The fourth-order valence-electron chi connectivity index (χ4n) is 4.67. The van der Waals surface area contributed by atoms with E-state index in [0.717, 1.165) is 0 Å². The van der Waals surface area contributed by atoms with Crippen molar-refractivity contribution < 1.29 is 0 Å². The first kappa shape index (κ1) is 32.5. The van der Waals surface area contributed by atoms with Gasteiger partial charge in [-0.15, -0.1) is 0 Å². The fourth-order valence-corrected chi connectivity index (χ4v) is 4.67. The average Bonchev–Trinajstić information content (AvgIpc) is 2.83. The zero-order valence-electron chi connectivity index (χ0n) is 23.4. The normalized spacial score (nSPS) is 11.9. The molecule has 0 heteroatoms. The molecular weight excluding hydrogens is 396 g/mol. The van der Waals surface area contributed by atoms with Crippen LogP contribution in [0.25, 0.3) is 0 Å². The van der Waals surface area contributed by atoms with Crippen LogP contribution >= 0.6 is 0 Å². The Morgan fingerprint density at radius 3 is 0.636 bits per heavy atom. The minimum absolute atomic E-state index is 1.30. The molecule has 0 saturated heterocycles. The summed E-state index contributed by atoms with van der Waals surface area (Å²) in [5.74, 6) is 0. The van der Waals surface area contributed by atoms with Gasteiger partial charge in [0.05, 0.1) is 0 Å². The predicted molar refractivity (Wildman–Crippen MR) is 154 cm³/mol. The van der Waals surface area contributed by atoms with Gasteiger partial charge in [0.2, 0.25) is 0 Å². The Hall–Kier alpha value is -0.520. The summed E-state index contributed by atoms with van der Waals surface area (Å²) in [7, 11) is 0. The molecule has 0 aromatic heterocycles. The highest BCUT2D eigenvalue weighted by atomic mass is 14.0. The monoisotopic (exact) mass is 461 g/mol. The summed E-state index contributed by atoms with van der Waals surface area (Å²) in [6.45, 7) is 4.59. The molecule has 0 radical (unpaired) electrons. The summed E-state index contributed by atoms with van der Waals surface area (Å²) < 4.78 is 0. The lowest BCUT2D eigenvalue weighted by Gasteiger charge is -2.02. The third-order valence-corrected chi connectivity index (χ3v) is 7.02. The maximum Gasteiger partial charge on any atom is -0.0351 e. The molecule has 0 saturated carbocycles. The number of rotatable bonds is 28. The van der Waals surface area contributed by atoms with Gasteiger partial charge in [0, 0.05) is 0 Å². The quantitative estimate of drug-likeness (QED) is 0.0804. The SMILES string of the molecule is CCCCCCCC/C=C\CCCCCCCC/C=C\CCCCCCCCCCCCC. The van der Waals surface area contributed by atoms with E-state index >= 15 is 0 Å². The highest BCUT2D eigenvalue weighted by Crippen LogP contribution is 2.13. The summed E-state index contributed by atoms with van der Waals surface area (Å²) in [5.41, 5.74) is 0. The largest absolute Gasteiger partial charge is 0.0885 e. The highest BCUT2D eigenvalue weighted by molar-refractivity contribution is 4.82. The van der Waals surface area contributed by atoms with E-state index in [1.54, 1.807) is 0 Å². The molecule has 0 rings (SSSR count). The third-order valence-electron chi connectivity index (χ3n) is 7.02. The van der Waals surface area contributed by atoms with Crippen LogP contribution in [0.3, 0.4) is 0 Å². The smallest absolute Gasteiger partial charge is 0.0351 e. The van der Waals surface area contributed by atoms with Crippen molar-refractivity contribution in [2.75, 3.05) is 0 Å². The van der Waals surface area contributed by atoms with Gasteiger partial charge in [-0.25, -0.2) is 0 Å². The Morgan fingerprint density at radius 1 is 0.242 bits per heavy atom. The van der Waals surface area contributed by atoms with Crippen molar-refractivity contribution in [1.82, 2.24) is 0 Å². The third kappa shape index (κ3) is 31.5. The van der Waals surface area contributed by atoms with Crippen LogP contribution in [-0.4, -0.2) is 0 Å².